The van der Waals surface area contributed by atoms with Gasteiger partial charge in [0, 0.05) is 25.3 Å². The molecule has 96 valence electrons. The summed E-state index contributed by atoms with van der Waals surface area (Å²) in [7, 11) is 3.60. The number of hydrogen-bond acceptors (Lipinski definition) is 3. The van der Waals surface area contributed by atoms with Crippen LogP contribution in [0.3, 0.4) is 0 Å². The van der Waals surface area contributed by atoms with Crippen LogP contribution in [0.25, 0.3) is 0 Å². The number of ether oxygens (including phenoxy) is 1. The second-order valence-corrected chi connectivity index (χ2v) is 6.07. The van der Waals surface area contributed by atoms with Crippen LogP contribution in [-0.4, -0.2) is 14.2 Å². The Hall–Kier alpha value is -0.550. The highest BCUT2D eigenvalue weighted by atomic mass is 79.9. The smallest absolute Gasteiger partial charge is 0.124 e. The van der Waals surface area contributed by atoms with E-state index in [0.29, 0.717) is 5.02 Å². The van der Waals surface area contributed by atoms with Gasteiger partial charge < -0.3 is 10.1 Å². The van der Waals surface area contributed by atoms with Crippen LogP contribution in [0.15, 0.2) is 34.1 Å². The number of hydrogen-bond donors (Lipinski definition) is 1. The van der Waals surface area contributed by atoms with Gasteiger partial charge in [0.2, 0.25) is 0 Å². The third-order valence-corrected chi connectivity index (χ3v) is 4.66. The molecule has 0 saturated carbocycles. The Kier molecular flexibility index (Phi) is 4.67. The van der Waals surface area contributed by atoms with Gasteiger partial charge in [-0.3, -0.25) is 0 Å². The molecule has 1 unspecified atom stereocenters. The number of nitrogens with one attached hydrogen (secondary N) is 1. The molecule has 1 aromatic carbocycles. The Morgan fingerprint density at radius 3 is 2.72 bits per heavy atom. The van der Waals surface area contributed by atoms with Crippen molar-refractivity contribution in [1.82, 2.24) is 5.32 Å². The standard InChI is InChI=1S/C13H13BrClNOS/c1-16-13(12-5-8(14)7-18-12)10-6-9(15)3-4-11(10)17-2/h3-7,13,16H,1-2H3. The molecule has 1 N–H and O–H groups in total. The van der Waals surface area contributed by atoms with Gasteiger partial charge >= 0.3 is 0 Å². The molecule has 18 heavy (non-hydrogen) atoms. The lowest BCUT2D eigenvalue weighted by atomic mass is 10.0. The van der Waals surface area contributed by atoms with E-state index in [1.165, 1.54) is 4.88 Å². The molecular formula is C13H13BrClNOS. The monoisotopic (exact) mass is 345 g/mol. The van der Waals surface area contributed by atoms with Crippen molar-refractivity contribution in [2.45, 2.75) is 6.04 Å². The molecule has 0 saturated heterocycles. The summed E-state index contributed by atoms with van der Waals surface area (Å²) in [5.41, 5.74) is 1.04. The Labute approximate surface area is 124 Å². The van der Waals surface area contributed by atoms with Crippen molar-refractivity contribution in [3.63, 3.8) is 0 Å². The van der Waals surface area contributed by atoms with Gasteiger partial charge in [-0.2, -0.15) is 0 Å². The average molecular weight is 347 g/mol. The van der Waals surface area contributed by atoms with Gasteiger partial charge in [-0.25, -0.2) is 0 Å². The summed E-state index contributed by atoms with van der Waals surface area (Å²) in [6.07, 6.45) is 0. The summed E-state index contributed by atoms with van der Waals surface area (Å²) in [6.45, 7) is 0. The van der Waals surface area contributed by atoms with E-state index >= 15 is 0 Å². The summed E-state index contributed by atoms with van der Waals surface area (Å²) in [6, 6.07) is 7.85. The molecule has 0 radical (unpaired) electrons. The van der Waals surface area contributed by atoms with Gasteiger partial charge in [0.1, 0.15) is 5.75 Å². The Morgan fingerprint density at radius 1 is 1.39 bits per heavy atom. The first-order chi connectivity index (χ1) is 8.65. The molecule has 1 aromatic heterocycles. The van der Waals surface area contributed by atoms with Crippen LogP contribution in [0.1, 0.15) is 16.5 Å². The maximum absolute atomic E-state index is 6.08. The third kappa shape index (κ3) is 2.88. The number of halogens is 2. The third-order valence-electron chi connectivity index (χ3n) is 2.66. The molecule has 5 heteroatoms. The van der Waals surface area contributed by atoms with Gasteiger partial charge in [-0.15, -0.1) is 11.3 Å². The van der Waals surface area contributed by atoms with Gasteiger partial charge in [0.25, 0.3) is 0 Å². The lowest BCUT2D eigenvalue weighted by Gasteiger charge is -2.18. The van der Waals surface area contributed by atoms with Crippen LogP contribution in [0.2, 0.25) is 5.02 Å². The normalized spacial score (nSPS) is 12.4. The Bertz CT molecular complexity index is 544. The first-order valence-electron chi connectivity index (χ1n) is 5.40. The van der Waals surface area contributed by atoms with E-state index in [0.717, 1.165) is 15.8 Å². The van der Waals surface area contributed by atoms with E-state index in [-0.39, 0.29) is 6.04 Å². The minimum atomic E-state index is 0.0787. The van der Waals surface area contributed by atoms with Gasteiger partial charge in [0.15, 0.2) is 0 Å². The summed E-state index contributed by atoms with van der Waals surface area (Å²) in [5, 5.41) is 6.08. The zero-order valence-corrected chi connectivity index (χ0v) is 13.2. The predicted molar refractivity (Wildman–Crippen MR) is 80.9 cm³/mol. The van der Waals surface area contributed by atoms with E-state index in [1.807, 2.05) is 25.2 Å². The summed E-state index contributed by atoms with van der Waals surface area (Å²) in [4.78, 5) is 1.21. The van der Waals surface area contributed by atoms with Crippen molar-refractivity contribution in [2.75, 3.05) is 14.2 Å². The maximum Gasteiger partial charge on any atom is 0.124 e. The van der Waals surface area contributed by atoms with E-state index < -0.39 is 0 Å². The van der Waals surface area contributed by atoms with E-state index in [2.05, 4.69) is 32.7 Å². The van der Waals surface area contributed by atoms with E-state index in [4.69, 9.17) is 16.3 Å². The zero-order valence-electron chi connectivity index (χ0n) is 10.0. The number of methoxy groups -OCH3 is 1. The highest BCUT2D eigenvalue weighted by Crippen LogP contribution is 2.35. The molecule has 0 aliphatic heterocycles. The molecule has 1 atom stereocenters. The van der Waals surface area contributed by atoms with Crippen molar-refractivity contribution in [1.29, 1.82) is 0 Å². The molecule has 0 bridgehead atoms. The molecule has 0 aliphatic carbocycles. The molecule has 0 fully saturated rings. The molecule has 2 rings (SSSR count). The van der Waals surface area contributed by atoms with Crippen LogP contribution in [0, 0.1) is 0 Å². The van der Waals surface area contributed by atoms with Crippen molar-refractivity contribution >= 4 is 38.9 Å². The van der Waals surface area contributed by atoms with Crippen LogP contribution < -0.4 is 10.1 Å². The Morgan fingerprint density at radius 2 is 2.17 bits per heavy atom. The SMILES string of the molecule is CNC(c1cc(Br)cs1)c1cc(Cl)ccc1OC. The van der Waals surface area contributed by atoms with E-state index in [9.17, 15) is 0 Å². The number of rotatable bonds is 4. The molecule has 2 aromatic rings. The van der Waals surface area contributed by atoms with Crippen LogP contribution in [0.4, 0.5) is 0 Å². The van der Waals surface area contributed by atoms with Crippen LogP contribution >= 0.6 is 38.9 Å². The first kappa shape index (κ1) is 13.9. The number of thiophene rings is 1. The predicted octanol–water partition coefficient (Wildman–Crippen LogP) is 4.48. The van der Waals surface area contributed by atoms with Crippen LogP contribution in [0.5, 0.6) is 5.75 Å². The molecule has 1 heterocycles. The number of benzene rings is 1. The fourth-order valence-electron chi connectivity index (χ4n) is 1.86. The van der Waals surface area contributed by atoms with Crippen molar-refractivity contribution in [3.05, 3.63) is 49.6 Å². The summed E-state index contributed by atoms with van der Waals surface area (Å²) < 4.78 is 6.49. The van der Waals surface area contributed by atoms with Gasteiger partial charge in [-0.05, 0) is 47.2 Å². The summed E-state index contributed by atoms with van der Waals surface area (Å²) >= 11 is 11.2. The molecule has 2 nitrogen and oxygen atoms in total. The lowest BCUT2D eigenvalue weighted by molar-refractivity contribution is 0.405. The van der Waals surface area contributed by atoms with Crippen LogP contribution in [-0.2, 0) is 0 Å². The van der Waals surface area contributed by atoms with Crippen molar-refractivity contribution in [2.24, 2.45) is 0 Å². The fraction of sp³-hybridized carbons (Fsp3) is 0.231. The minimum absolute atomic E-state index is 0.0787. The minimum Gasteiger partial charge on any atom is -0.496 e. The van der Waals surface area contributed by atoms with Crippen molar-refractivity contribution in [3.8, 4) is 5.75 Å². The Balaban J connectivity index is 2.47. The molecular weight excluding hydrogens is 334 g/mol. The molecule has 0 spiro atoms. The molecule has 0 amide bonds. The summed E-state index contributed by atoms with van der Waals surface area (Å²) in [5.74, 6) is 0.836. The first-order valence-corrected chi connectivity index (χ1v) is 7.45. The highest BCUT2D eigenvalue weighted by molar-refractivity contribution is 9.10. The largest absolute Gasteiger partial charge is 0.496 e. The van der Waals surface area contributed by atoms with Gasteiger partial charge in [0.05, 0.1) is 13.2 Å². The maximum atomic E-state index is 6.08. The topological polar surface area (TPSA) is 21.3 Å². The fourth-order valence-corrected chi connectivity index (χ4v) is 3.61. The van der Waals surface area contributed by atoms with Crippen molar-refractivity contribution < 1.29 is 4.74 Å². The second-order valence-electron chi connectivity index (χ2n) is 3.78. The average Bonchev–Trinajstić information content (AvgIpc) is 2.77. The van der Waals surface area contributed by atoms with Gasteiger partial charge in [-0.1, -0.05) is 11.6 Å². The zero-order chi connectivity index (χ0) is 13.1. The van der Waals surface area contributed by atoms with E-state index in [1.54, 1.807) is 18.4 Å². The quantitative estimate of drug-likeness (QED) is 0.881. The lowest BCUT2D eigenvalue weighted by Crippen LogP contribution is -2.17. The second kappa shape index (κ2) is 6.06. The molecule has 0 aliphatic rings. The highest BCUT2D eigenvalue weighted by Gasteiger charge is 2.18.